The van der Waals surface area contributed by atoms with E-state index in [0.717, 1.165) is 26.0 Å². The topological polar surface area (TPSA) is 69.9 Å². The summed E-state index contributed by atoms with van der Waals surface area (Å²) in [5, 5.41) is 0. The monoisotopic (exact) mass is 600 g/mol. The summed E-state index contributed by atoms with van der Waals surface area (Å²) in [7, 11) is 0. The molecule has 180 valence electrons. The second-order valence-corrected chi connectivity index (χ2v) is 10.2. The molecule has 3 aromatic rings. The van der Waals surface area contributed by atoms with Gasteiger partial charge in [-0.1, -0.05) is 59.9 Å². The molecule has 0 unspecified atom stereocenters. The van der Waals surface area contributed by atoms with E-state index in [2.05, 4.69) is 34.2 Å². The van der Waals surface area contributed by atoms with E-state index in [9.17, 15) is 9.59 Å². The van der Waals surface area contributed by atoms with Gasteiger partial charge in [-0.15, -0.1) is 0 Å². The first-order valence-corrected chi connectivity index (χ1v) is 13.0. The normalized spacial score (nSPS) is 15.4. The molecule has 0 N–H and O–H groups in total. The maximum Gasteiger partial charge on any atom is 0.338 e. The van der Waals surface area contributed by atoms with Crippen LogP contribution in [-0.2, 0) is 9.53 Å². The lowest BCUT2D eigenvalue weighted by atomic mass is 9.95. The van der Waals surface area contributed by atoms with Gasteiger partial charge in [-0.05, 0) is 72.7 Å². The van der Waals surface area contributed by atoms with Gasteiger partial charge in [-0.2, -0.15) is 0 Å². The zero-order valence-electron chi connectivity index (χ0n) is 19.7. The zero-order valence-corrected chi connectivity index (χ0v) is 22.7. The molecule has 6 nitrogen and oxygen atoms in total. The van der Waals surface area contributed by atoms with Crippen LogP contribution >= 0.6 is 33.9 Å². The van der Waals surface area contributed by atoms with E-state index in [4.69, 9.17) is 9.47 Å². The fraction of sp³-hybridized carbons (Fsp3) is 0.222. The maximum atomic E-state index is 13.7. The highest BCUT2D eigenvalue weighted by Crippen LogP contribution is 2.31. The number of carbonyl (C=O) groups is 1. The first-order chi connectivity index (χ1) is 16.8. The number of thiazole rings is 1. The van der Waals surface area contributed by atoms with E-state index < -0.39 is 12.0 Å². The number of esters is 1. The van der Waals surface area contributed by atoms with Gasteiger partial charge >= 0.3 is 5.97 Å². The summed E-state index contributed by atoms with van der Waals surface area (Å²) in [4.78, 5) is 31.8. The van der Waals surface area contributed by atoms with Crippen LogP contribution in [0.5, 0.6) is 5.75 Å². The van der Waals surface area contributed by atoms with E-state index >= 15 is 0 Å². The Morgan fingerprint density at radius 1 is 1.23 bits per heavy atom. The first kappa shape index (κ1) is 25.1. The highest BCUT2D eigenvalue weighted by molar-refractivity contribution is 14.1. The van der Waals surface area contributed by atoms with Gasteiger partial charge in [0, 0.05) is 0 Å². The Morgan fingerprint density at radius 2 is 1.97 bits per heavy atom. The standard InChI is InChI=1S/C27H25IN2O4S/c1-5-13-34-21-12-9-18(14-20(21)28)15-22-25(31)30-24(19-10-7-16(3)8-11-19)23(26(32)33-6-2)17(4)29-27(30)35-22/h5,7-12,14-15,24H,1,6,13H2,2-4H3/b22-15+/t24-/m1/s1. The number of hydrogen-bond acceptors (Lipinski definition) is 6. The predicted molar refractivity (Wildman–Crippen MR) is 146 cm³/mol. The van der Waals surface area contributed by atoms with Gasteiger partial charge in [-0.25, -0.2) is 9.79 Å². The van der Waals surface area contributed by atoms with Crippen molar-refractivity contribution in [3.05, 3.63) is 106 Å². The van der Waals surface area contributed by atoms with Crippen molar-refractivity contribution in [2.24, 2.45) is 4.99 Å². The molecule has 0 saturated heterocycles. The largest absolute Gasteiger partial charge is 0.488 e. The SMILES string of the molecule is C=CCOc1ccc(/C=c2/sc3n(c2=O)[C@H](c2ccc(C)cc2)C(C(=O)OCC)=C(C)N=3)cc1I. The summed E-state index contributed by atoms with van der Waals surface area (Å²) in [6.07, 6.45) is 3.54. The summed E-state index contributed by atoms with van der Waals surface area (Å²) in [5.41, 5.74) is 3.54. The van der Waals surface area contributed by atoms with Gasteiger partial charge in [0.05, 0.1) is 32.0 Å². The third-order valence-corrected chi connectivity index (χ3v) is 7.35. The van der Waals surface area contributed by atoms with Crippen LogP contribution in [0.4, 0.5) is 0 Å². The molecule has 1 aliphatic heterocycles. The molecule has 0 bridgehead atoms. The fourth-order valence-electron chi connectivity index (χ4n) is 3.88. The molecule has 0 amide bonds. The van der Waals surface area contributed by atoms with Crippen molar-refractivity contribution in [1.82, 2.24) is 4.57 Å². The summed E-state index contributed by atoms with van der Waals surface area (Å²) in [6, 6.07) is 13.0. The molecule has 4 rings (SSSR count). The quantitative estimate of drug-likeness (QED) is 0.231. The van der Waals surface area contributed by atoms with Gasteiger partial charge in [-0.3, -0.25) is 9.36 Å². The van der Waals surface area contributed by atoms with Gasteiger partial charge in [0.2, 0.25) is 0 Å². The van der Waals surface area contributed by atoms with Gasteiger partial charge in [0.15, 0.2) is 4.80 Å². The van der Waals surface area contributed by atoms with Crippen molar-refractivity contribution in [2.45, 2.75) is 26.8 Å². The van der Waals surface area contributed by atoms with Crippen LogP contribution in [0, 0.1) is 10.5 Å². The number of fused-ring (bicyclic) bond motifs is 1. The second kappa shape index (κ2) is 10.7. The number of aromatic nitrogens is 1. The molecule has 2 aromatic carbocycles. The molecule has 0 saturated carbocycles. The number of allylic oxidation sites excluding steroid dienone is 1. The molecule has 1 aromatic heterocycles. The summed E-state index contributed by atoms with van der Waals surface area (Å²) >= 11 is 3.52. The molecule has 0 fully saturated rings. The lowest BCUT2D eigenvalue weighted by Gasteiger charge is -2.24. The minimum Gasteiger partial charge on any atom is -0.488 e. The summed E-state index contributed by atoms with van der Waals surface area (Å²) in [6.45, 7) is 9.89. The van der Waals surface area contributed by atoms with Crippen LogP contribution in [-0.4, -0.2) is 23.8 Å². The summed E-state index contributed by atoms with van der Waals surface area (Å²) < 4.78 is 14.1. The Labute approximate surface area is 221 Å². The molecule has 8 heteroatoms. The molecular weight excluding hydrogens is 575 g/mol. The number of rotatable bonds is 7. The smallest absolute Gasteiger partial charge is 0.338 e. The van der Waals surface area contributed by atoms with Crippen molar-refractivity contribution < 1.29 is 14.3 Å². The number of benzene rings is 2. The maximum absolute atomic E-state index is 13.7. The molecular formula is C27H25IN2O4S. The average Bonchev–Trinajstić information content (AvgIpc) is 3.12. The molecule has 0 aliphatic carbocycles. The van der Waals surface area contributed by atoms with Crippen LogP contribution in [0.3, 0.4) is 0 Å². The van der Waals surface area contributed by atoms with Crippen molar-refractivity contribution in [2.75, 3.05) is 13.2 Å². The van der Waals surface area contributed by atoms with Crippen LogP contribution in [0.2, 0.25) is 0 Å². The average molecular weight is 600 g/mol. The van der Waals surface area contributed by atoms with E-state index in [-0.39, 0.29) is 12.2 Å². The van der Waals surface area contributed by atoms with Crippen LogP contribution in [0.1, 0.15) is 36.6 Å². The highest BCUT2D eigenvalue weighted by Gasteiger charge is 2.33. The molecule has 0 spiro atoms. The minimum absolute atomic E-state index is 0.199. The zero-order chi connectivity index (χ0) is 25.1. The number of halogens is 1. The van der Waals surface area contributed by atoms with Crippen LogP contribution in [0.15, 0.2) is 76.2 Å². The van der Waals surface area contributed by atoms with Crippen molar-refractivity contribution in [3.8, 4) is 5.75 Å². The van der Waals surface area contributed by atoms with Gasteiger partial charge in [0.1, 0.15) is 12.4 Å². The molecule has 1 atom stereocenters. The lowest BCUT2D eigenvalue weighted by Crippen LogP contribution is -2.39. The molecule has 0 radical (unpaired) electrons. The summed E-state index contributed by atoms with van der Waals surface area (Å²) in [5.74, 6) is 0.302. The third-order valence-electron chi connectivity index (χ3n) is 5.52. The first-order valence-electron chi connectivity index (χ1n) is 11.1. The second-order valence-electron chi connectivity index (χ2n) is 8.00. The number of nitrogens with zero attached hydrogens (tertiary/aromatic N) is 2. The molecule has 35 heavy (non-hydrogen) atoms. The van der Waals surface area contributed by atoms with Crippen molar-refractivity contribution in [3.63, 3.8) is 0 Å². The lowest BCUT2D eigenvalue weighted by molar-refractivity contribution is -0.139. The van der Waals surface area contributed by atoms with Gasteiger partial charge < -0.3 is 9.47 Å². The Balaban J connectivity index is 1.86. The highest BCUT2D eigenvalue weighted by atomic mass is 127. The van der Waals surface area contributed by atoms with Crippen molar-refractivity contribution >= 4 is 46.0 Å². The fourth-order valence-corrected chi connectivity index (χ4v) is 5.62. The minimum atomic E-state index is -0.608. The Bertz CT molecular complexity index is 1500. The van der Waals surface area contributed by atoms with E-state index in [1.54, 1.807) is 24.5 Å². The van der Waals surface area contributed by atoms with E-state index in [0.29, 0.717) is 27.2 Å². The van der Waals surface area contributed by atoms with E-state index in [1.165, 1.54) is 11.3 Å². The van der Waals surface area contributed by atoms with Crippen LogP contribution in [0.25, 0.3) is 6.08 Å². The molecule has 1 aliphatic rings. The number of ether oxygens (including phenoxy) is 2. The van der Waals surface area contributed by atoms with Gasteiger partial charge in [0.25, 0.3) is 5.56 Å². The van der Waals surface area contributed by atoms with E-state index in [1.807, 2.05) is 55.5 Å². The van der Waals surface area contributed by atoms with Crippen LogP contribution < -0.4 is 19.6 Å². The Morgan fingerprint density at radius 3 is 2.63 bits per heavy atom. The number of carbonyl (C=O) groups excluding carboxylic acids is 1. The van der Waals surface area contributed by atoms with Crippen molar-refractivity contribution in [1.29, 1.82) is 0 Å². The number of aryl methyl sites for hydroxylation is 1. The number of hydrogen-bond donors (Lipinski definition) is 0. The third kappa shape index (κ3) is 5.18. The Kier molecular flexibility index (Phi) is 7.71. The Hall–Kier alpha value is -2.98. The molecule has 2 heterocycles. The predicted octanol–water partition coefficient (Wildman–Crippen LogP) is 4.28.